The first-order valence-electron chi connectivity index (χ1n) is 11.7. The lowest BCUT2D eigenvalue weighted by Crippen LogP contribution is -2.41. The largest absolute Gasteiger partial charge is 0.748 e. The second kappa shape index (κ2) is 10.7. The Hall–Kier alpha value is -3.18. The van der Waals surface area contributed by atoms with E-state index >= 15 is 0 Å². The number of carbonyl (C=O) groups is 2. The minimum absolute atomic E-state index is 0.0146. The van der Waals surface area contributed by atoms with Crippen LogP contribution in [0.5, 0.6) is 0 Å². The van der Waals surface area contributed by atoms with Gasteiger partial charge in [-0.15, -0.1) is 0 Å². The van der Waals surface area contributed by atoms with Gasteiger partial charge in [0.15, 0.2) is 26.9 Å². The zero-order chi connectivity index (χ0) is 26.0. The SMILES string of the molecule is O=C(CS(=O)(=O)[O-])OC1C2CC3C(=O)OC1C3O2.c1ccc([S+](c2ccccc2)c2ccccc2)cc1. The Balaban J connectivity index is 0.000000152. The molecular formula is C27H24O8S2. The van der Waals surface area contributed by atoms with E-state index in [1.165, 1.54) is 14.7 Å². The fourth-order valence-corrected chi connectivity index (χ4v) is 7.25. The van der Waals surface area contributed by atoms with Crippen LogP contribution < -0.4 is 0 Å². The maximum Gasteiger partial charge on any atom is 0.320 e. The average Bonchev–Trinajstić information content (AvgIpc) is 3.51. The molecule has 37 heavy (non-hydrogen) atoms. The summed E-state index contributed by atoms with van der Waals surface area (Å²) in [4.78, 5) is 26.7. The lowest BCUT2D eigenvalue weighted by atomic mass is 9.88. The highest BCUT2D eigenvalue weighted by atomic mass is 32.2. The molecule has 5 unspecified atom stereocenters. The molecule has 3 saturated heterocycles. The Bertz CT molecular complexity index is 1260. The van der Waals surface area contributed by atoms with Crippen molar-refractivity contribution in [2.24, 2.45) is 5.92 Å². The molecule has 0 spiro atoms. The lowest BCUT2D eigenvalue weighted by Gasteiger charge is -2.22. The van der Waals surface area contributed by atoms with Crippen LogP contribution in [0.2, 0.25) is 0 Å². The Morgan fingerprint density at radius 3 is 1.81 bits per heavy atom. The zero-order valence-electron chi connectivity index (χ0n) is 19.5. The predicted molar refractivity (Wildman–Crippen MR) is 133 cm³/mol. The van der Waals surface area contributed by atoms with Crippen LogP contribution in [0.4, 0.5) is 0 Å². The smallest absolute Gasteiger partial charge is 0.320 e. The monoisotopic (exact) mass is 540 g/mol. The molecule has 192 valence electrons. The minimum Gasteiger partial charge on any atom is -0.748 e. The highest BCUT2D eigenvalue weighted by molar-refractivity contribution is 7.97. The van der Waals surface area contributed by atoms with E-state index in [0.717, 1.165) is 0 Å². The minimum atomic E-state index is -4.68. The van der Waals surface area contributed by atoms with E-state index in [2.05, 4.69) is 91.0 Å². The molecule has 3 aromatic carbocycles. The number of hydrogen-bond acceptors (Lipinski definition) is 8. The van der Waals surface area contributed by atoms with Crippen molar-refractivity contribution >= 4 is 33.0 Å². The van der Waals surface area contributed by atoms with Crippen LogP contribution in [0.1, 0.15) is 6.42 Å². The molecule has 3 aliphatic rings. The number of fused-ring (bicyclic) bond motifs is 1. The first kappa shape index (κ1) is 25.5. The first-order chi connectivity index (χ1) is 17.8. The van der Waals surface area contributed by atoms with E-state index < -0.39 is 46.3 Å². The van der Waals surface area contributed by atoms with Crippen molar-refractivity contribution in [2.45, 2.75) is 45.5 Å². The van der Waals surface area contributed by atoms with Crippen molar-refractivity contribution in [3.63, 3.8) is 0 Å². The van der Waals surface area contributed by atoms with E-state index in [9.17, 15) is 22.6 Å². The fraction of sp³-hybridized carbons (Fsp3) is 0.259. The van der Waals surface area contributed by atoms with E-state index in [-0.39, 0.29) is 22.8 Å². The summed E-state index contributed by atoms with van der Waals surface area (Å²) in [6, 6.07) is 32.2. The highest BCUT2D eigenvalue weighted by Gasteiger charge is 2.65. The molecule has 0 saturated carbocycles. The summed E-state index contributed by atoms with van der Waals surface area (Å²) in [6.45, 7) is 0. The molecule has 8 nitrogen and oxygen atoms in total. The molecule has 3 heterocycles. The second-order valence-electron chi connectivity index (χ2n) is 8.78. The van der Waals surface area contributed by atoms with Gasteiger partial charge in [0.2, 0.25) is 0 Å². The molecule has 0 amide bonds. The van der Waals surface area contributed by atoms with E-state index in [1.54, 1.807) is 0 Å². The first-order valence-corrected chi connectivity index (χ1v) is 14.5. The Labute approximate surface area is 217 Å². The molecule has 3 aromatic rings. The van der Waals surface area contributed by atoms with Gasteiger partial charge < -0.3 is 18.8 Å². The molecule has 0 aliphatic carbocycles. The topological polar surface area (TPSA) is 119 Å². The molecule has 3 fully saturated rings. The van der Waals surface area contributed by atoms with Crippen molar-refractivity contribution in [1.29, 1.82) is 0 Å². The summed E-state index contributed by atoms with van der Waals surface area (Å²) in [5.74, 6) is -3.09. The van der Waals surface area contributed by atoms with Crippen LogP contribution >= 0.6 is 0 Å². The molecule has 0 aromatic heterocycles. The third kappa shape index (κ3) is 5.72. The van der Waals surface area contributed by atoms with Gasteiger partial charge in [0, 0.05) is 0 Å². The molecular weight excluding hydrogens is 516 g/mol. The van der Waals surface area contributed by atoms with Crippen molar-refractivity contribution in [2.75, 3.05) is 5.75 Å². The maximum absolute atomic E-state index is 11.4. The number of ether oxygens (including phenoxy) is 3. The van der Waals surface area contributed by atoms with Gasteiger partial charge in [-0.25, -0.2) is 8.42 Å². The highest BCUT2D eigenvalue weighted by Crippen LogP contribution is 2.47. The standard InChI is InChI=1S/C18H15S.C9H10O8S/c1-4-10-16(11-5-1)19(17-12-6-2-7-13-17)18-14-8-3-9-15-18;10-5(2-18(12,13)14)16-7-4-1-3-6(15-4)8(7)17-9(3)11/h1-15H;3-4,6-8H,1-2H2,(H,12,13,14)/q+1;/p-1. The van der Waals surface area contributed by atoms with Crippen molar-refractivity contribution in [3.8, 4) is 0 Å². The van der Waals surface area contributed by atoms with E-state index in [1.807, 2.05) is 0 Å². The van der Waals surface area contributed by atoms with Crippen molar-refractivity contribution in [1.82, 2.24) is 0 Å². The van der Waals surface area contributed by atoms with Crippen LogP contribution in [-0.2, 0) is 44.8 Å². The van der Waals surface area contributed by atoms with Crippen LogP contribution in [0, 0.1) is 5.92 Å². The summed E-state index contributed by atoms with van der Waals surface area (Å²) >= 11 is 0. The lowest BCUT2D eigenvalue weighted by molar-refractivity contribution is -0.158. The summed E-state index contributed by atoms with van der Waals surface area (Å²) in [6.07, 6.45) is -1.99. The van der Waals surface area contributed by atoms with Gasteiger partial charge in [0.25, 0.3) is 0 Å². The zero-order valence-corrected chi connectivity index (χ0v) is 21.2. The molecule has 2 bridgehead atoms. The van der Waals surface area contributed by atoms with Crippen LogP contribution in [0.3, 0.4) is 0 Å². The van der Waals surface area contributed by atoms with E-state index in [0.29, 0.717) is 6.42 Å². The third-order valence-electron chi connectivity index (χ3n) is 6.28. The number of esters is 2. The molecule has 10 heteroatoms. The average molecular weight is 541 g/mol. The Morgan fingerprint density at radius 1 is 0.865 bits per heavy atom. The van der Waals surface area contributed by atoms with Crippen LogP contribution in [0.25, 0.3) is 0 Å². The van der Waals surface area contributed by atoms with Gasteiger partial charge >= 0.3 is 11.9 Å². The summed E-state index contributed by atoms with van der Waals surface area (Å²) in [7, 11) is -4.69. The third-order valence-corrected chi connectivity index (χ3v) is 9.10. The summed E-state index contributed by atoms with van der Waals surface area (Å²) in [5, 5.41) is 0. The van der Waals surface area contributed by atoms with Crippen molar-refractivity contribution in [3.05, 3.63) is 91.0 Å². The molecule has 0 radical (unpaired) electrons. The van der Waals surface area contributed by atoms with Crippen LogP contribution in [-0.4, -0.2) is 55.1 Å². The quantitative estimate of drug-likeness (QED) is 0.266. The summed E-state index contributed by atoms with van der Waals surface area (Å²) in [5.41, 5.74) is 0. The Kier molecular flexibility index (Phi) is 7.34. The van der Waals surface area contributed by atoms with Gasteiger partial charge in [-0.05, 0) is 42.8 Å². The van der Waals surface area contributed by atoms with E-state index in [4.69, 9.17) is 14.2 Å². The van der Waals surface area contributed by atoms with Crippen molar-refractivity contribution < 1.29 is 36.8 Å². The predicted octanol–water partition coefficient (Wildman–Crippen LogP) is 2.94. The van der Waals surface area contributed by atoms with Gasteiger partial charge in [-0.1, -0.05) is 54.6 Å². The number of benzene rings is 3. The van der Waals surface area contributed by atoms with Crippen LogP contribution in [0.15, 0.2) is 106 Å². The maximum atomic E-state index is 11.4. The summed E-state index contributed by atoms with van der Waals surface area (Å²) < 4.78 is 46.6. The molecule has 0 N–H and O–H groups in total. The van der Waals surface area contributed by atoms with Gasteiger partial charge in [0.1, 0.15) is 22.0 Å². The molecule has 6 rings (SSSR count). The van der Waals surface area contributed by atoms with Gasteiger partial charge in [-0.2, -0.15) is 0 Å². The normalized spacial score (nSPS) is 25.4. The Morgan fingerprint density at radius 2 is 1.35 bits per heavy atom. The molecule has 3 aliphatic heterocycles. The van der Waals surface area contributed by atoms with Gasteiger partial charge in [-0.3, -0.25) is 9.59 Å². The fourth-order valence-electron chi connectivity index (χ4n) is 4.79. The second-order valence-corrected chi connectivity index (χ2v) is 12.2. The number of hydrogen-bond donors (Lipinski definition) is 0. The van der Waals surface area contributed by atoms with Gasteiger partial charge in [0.05, 0.1) is 22.9 Å². The number of carbonyl (C=O) groups excluding carboxylic acids is 2. The molecule has 5 atom stereocenters. The number of rotatable bonds is 6.